The van der Waals surface area contributed by atoms with Crippen molar-refractivity contribution in [3.63, 3.8) is 0 Å². The number of hydrogen-bond acceptors (Lipinski definition) is 5. The summed E-state index contributed by atoms with van der Waals surface area (Å²) in [6.45, 7) is 2.81. The molecule has 22 heavy (non-hydrogen) atoms. The number of anilines is 1. The molecule has 1 aliphatic rings. The first-order valence-electron chi connectivity index (χ1n) is 7.04. The number of quaternary nitrogens is 1. The highest BCUT2D eigenvalue weighted by Crippen LogP contribution is 2.21. The van der Waals surface area contributed by atoms with Crippen LogP contribution in [0.25, 0.3) is 0 Å². The van der Waals surface area contributed by atoms with E-state index in [-0.39, 0.29) is 24.9 Å². The molecule has 118 valence electrons. The molecule has 2 heterocycles. The van der Waals surface area contributed by atoms with Gasteiger partial charge in [0.1, 0.15) is 11.1 Å². The molecule has 8 heteroatoms. The van der Waals surface area contributed by atoms with Crippen LogP contribution in [0.3, 0.4) is 0 Å². The zero-order valence-electron chi connectivity index (χ0n) is 12.4. The lowest BCUT2D eigenvalue weighted by Crippen LogP contribution is -3.11. The van der Waals surface area contributed by atoms with Crippen molar-refractivity contribution < 1.29 is 19.2 Å². The molecule has 1 aromatic heterocycles. The van der Waals surface area contributed by atoms with Gasteiger partial charge in [-0.2, -0.15) is 5.26 Å². The van der Waals surface area contributed by atoms with Crippen molar-refractivity contribution in [1.29, 1.82) is 5.26 Å². The number of nitriles is 1. The standard InChI is InChI=1S/C14H18N4O3S/c1-17(10-13(20)18-3-5-21-6-4-18)9-12(19)16-14-11(8-15)2-7-22-14/h2,7H,3-6,9-10H2,1H3,(H,16,19)/p+1. The van der Waals surface area contributed by atoms with Gasteiger partial charge in [0.05, 0.1) is 25.8 Å². The maximum Gasteiger partial charge on any atom is 0.280 e. The quantitative estimate of drug-likeness (QED) is 0.722. The Hall–Kier alpha value is -1.95. The van der Waals surface area contributed by atoms with Gasteiger partial charge in [-0.3, -0.25) is 9.59 Å². The van der Waals surface area contributed by atoms with Crippen LogP contribution < -0.4 is 10.2 Å². The summed E-state index contributed by atoms with van der Waals surface area (Å²) >= 11 is 1.31. The monoisotopic (exact) mass is 323 g/mol. The highest BCUT2D eigenvalue weighted by atomic mass is 32.1. The molecule has 1 aliphatic heterocycles. The molecule has 2 amide bonds. The molecule has 1 atom stereocenters. The maximum atomic E-state index is 12.1. The molecule has 7 nitrogen and oxygen atoms in total. The van der Waals surface area contributed by atoms with E-state index < -0.39 is 0 Å². The van der Waals surface area contributed by atoms with Gasteiger partial charge in [0, 0.05) is 13.1 Å². The summed E-state index contributed by atoms with van der Waals surface area (Å²) in [5, 5.41) is 13.9. The predicted octanol–water partition coefficient (Wildman–Crippen LogP) is -1.07. The first-order chi connectivity index (χ1) is 10.6. The van der Waals surface area contributed by atoms with Crippen molar-refractivity contribution in [1.82, 2.24) is 4.90 Å². The number of carbonyl (C=O) groups excluding carboxylic acids is 2. The topological polar surface area (TPSA) is 86.9 Å². The third kappa shape index (κ3) is 4.53. The van der Waals surface area contributed by atoms with Crippen molar-refractivity contribution in [2.24, 2.45) is 0 Å². The van der Waals surface area contributed by atoms with Crippen LogP contribution in [0.5, 0.6) is 0 Å². The van der Waals surface area contributed by atoms with Crippen LogP contribution in [0.15, 0.2) is 11.4 Å². The molecule has 1 unspecified atom stereocenters. The van der Waals surface area contributed by atoms with Gasteiger partial charge in [-0.1, -0.05) is 0 Å². The number of likely N-dealkylation sites (N-methyl/N-ethyl adjacent to an activating group) is 1. The van der Waals surface area contributed by atoms with E-state index in [0.717, 1.165) is 4.90 Å². The smallest absolute Gasteiger partial charge is 0.280 e. The number of ether oxygens (including phenoxy) is 1. The predicted molar refractivity (Wildman–Crippen MR) is 81.7 cm³/mol. The van der Waals surface area contributed by atoms with E-state index in [1.807, 2.05) is 6.07 Å². The van der Waals surface area contributed by atoms with E-state index in [0.29, 0.717) is 36.9 Å². The van der Waals surface area contributed by atoms with Gasteiger partial charge in [-0.15, -0.1) is 11.3 Å². The minimum Gasteiger partial charge on any atom is -0.378 e. The number of thiophene rings is 1. The van der Waals surface area contributed by atoms with E-state index in [2.05, 4.69) is 5.32 Å². The normalized spacial score (nSPS) is 15.9. The number of amides is 2. The Balaban J connectivity index is 1.78. The average molecular weight is 323 g/mol. The number of carbonyl (C=O) groups is 2. The summed E-state index contributed by atoms with van der Waals surface area (Å²) < 4.78 is 5.21. The Morgan fingerprint density at radius 3 is 2.86 bits per heavy atom. The second-order valence-electron chi connectivity index (χ2n) is 5.13. The summed E-state index contributed by atoms with van der Waals surface area (Å²) in [6.07, 6.45) is 0. The molecule has 0 radical (unpaired) electrons. The molecular formula is C14H19N4O3S+. The summed E-state index contributed by atoms with van der Waals surface area (Å²) in [4.78, 5) is 26.6. The molecule has 0 bridgehead atoms. The minimum atomic E-state index is -0.203. The van der Waals surface area contributed by atoms with Gasteiger partial charge >= 0.3 is 0 Å². The minimum absolute atomic E-state index is 0.0300. The van der Waals surface area contributed by atoms with Gasteiger partial charge in [0.2, 0.25) is 0 Å². The van der Waals surface area contributed by atoms with Crippen molar-refractivity contribution in [3.05, 3.63) is 17.0 Å². The Morgan fingerprint density at radius 2 is 2.18 bits per heavy atom. The van der Waals surface area contributed by atoms with Crippen LogP contribution in [0, 0.1) is 11.3 Å². The first-order valence-corrected chi connectivity index (χ1v) is 7.92. The molecule has 1 fully saturated rings. The Bertz CT molecular complexity index is 575. The highest BCUT2D eigenvalue weighted by Gasteiger charge is 2.21. The second-order valence-corrected chi connectivity index (χ2v) is 6.04. The maximum absolute atomic E-state index is 12.1. The number of nitrogens with one attached hydrogen (secondary N) is 2. The van der Waals surface area contributed by atoms with Gasteiger partial charge in [0.25, 0.3) is 11.8 Å². The van der Waals surface area contributed by atoms with E-state index in [9.17, 15) is 9.59 Å². The Labute approximate surface area is 133 Å². The lowest BCUT2D eigenvalue weighted by atomic mass is 10.3. The third-order valence-corrected chi connectivity index (χ3v) is 4.15. The van der Waals surface area contributed by atoms with Gasteiger partial charge < -0.3 is 19.9 Å². The summed E-state index contributed by atoms with van der Waals surface area (Å²) in [5.74, 6) is -0.173. The van der Waals surface area contributed by atoms with Crippen molar-refractivity contribution in [2.45, 2.75) is 0 Å². The fraction of sp³-hybridized carbons (Fsp3) is 0.500. The van der Waals surface area contributed by atoms with Crippen molar-refractivity contribution in [3.8, 4) is 6.07 Å². The van der Waals surface area contributed by atoms with Gasteiger partial charge in [0.15, 0.2) is 13.1 Å². The molecular weight excluding hydrogens is 304 g/mol. The second kappa shape index (κ2) is 7.89. The highest BCUT2D eigenvalue weighted by molar-refractivity contribution is 7.14. The third-order valence-electron chi connectivity index (χ3n) is 3.32. The number of nitrogens with zero attached hydrogens (tertiary/aromatic N) is 2. The lowest BCUT2D eigenvalue weighted by Gasteiger charge is -2.27. The fourth-order valence-electron chi connectivity index (χ4n) is 2.18. The van der Waals surface area contributed by atoms with Crippen LogP contribution >= 0.6 is 11.3 Å². The van der Waals surface area contributed by atoms with E-state index >= 15 is 0 Å². The van der Waals surface area contributed by atoms with Crippen LogP contribution in [-0.2, 0) is 14.3 Å². The summed E-state index contributed by atoms with van der Waals surface area (Å²) in [6, 6.07) is 3.69. The van der Waals surface area contributed by atoms with E-state index in [4.69, 9.17) is 10.00 Å². The number of morpholine rings is 1. The summed E-state index contributed by atoms with van der Waals surface area (Å²) in [7, 11) is 1.80. The van der Waals surface area contributed by atoms with Crippen LogP contribution in [0.2, 0.25) is 0 Å². The first kappa shape index (κ1) is 16.4. The molecule has 1 saturated heterocycles. The van der Waals surface area contributed by atoms with Gasteiger partial charge in [-0.25, -0.2) is 0 Å². The molecule has 0 spiro atoms. The van der Waals surface area contributed by atoms with Crippen molar-refractivity contribution in [2.75, 3.05) is 51.8 Å². The molecule has 0 saturated carbocycles. The van der Waals surface area contributed by atoms with E-state index in [1.54, 1.807) is 23.4 Å². The molecule has 2 rings (SSSR count). The van der Waals surface area contributed by atoms with E-state index in [1.165, 1.54) is 11.3 Å². The molecule has 0 aliphatic carbocycles. The zero-order valence-corrected chi connectivity index (χ0v) is 13.2. The van der Waals surface area contributed by atoms with Crippen LogP contribution in [-0.4, -0.2) is 63.2 Å². The average Bonchev–Trinajstić information content (AvgIpc) is 2.94. The summed E-state index contributed by atoms with van der Waals surface area (Å²) in [5.41, 5.74) is 0.459. The van der Waals surface area contributed by atoms with Crippen LogP contribution in [0.4, 0.5) is 5.00 Å². The molecule has 1 aromatic rings. The van der Waals surface area contributed by atoms with Crippen molar-refractivity contribution >= 4 is 28.2 Å². The van der Waals surface area contributed by atoms with Crippen LogP contribution in [0.1, 0.15) is 5.56 Å². The SMILES string of the molecule is C[NH+](CC(=O)Nc1sccc1C#N)CC(=O)N1CCOCC1. The number of rotatable bonds is 5. The number of hydrogen-bond donors (Lipinski definition) is 2. The molecule has 2 N–H and O–H groups in total. The Morgan fingerprint density at radius 1 is 1.45 bits per heavy atom. The van der Waals surface area contributed by atoms with Gasteiger partial charge in [-0.05, 0) is 11.4 Å². The lowest BCUT2D eigenvalue weighted by molar-refractivity contribution is -0.862. The fourth-order valence-corrected chi connectivity index (χ4v) is 2.94. The Kier molecular flexibility index (Phi) is 5.89. The zero-order chi connectivity index (χ0) is 15.9. The largest absolute Gasteiger partial charge is 0.378 e. The molecule has 0 aromatic carbocycles.